The van der Waals surface area contributed by atoms with Crippen LogP contribution in [-0.4, -0.2) is 121 Å². The molecule has 0 amide bonds. The number of hydrogen-bond acceptors (Lipinski definition) is 18. The van der Waals surface area contributed by atoms with Gasteiger partial charge in [0.15, 0.2) is 0 Å². The van der Waals surface area contributed by atoms with E-state index in [9.17, 15) is 16.9 Å². The fraction of sp³-hybridized carbons (Fsp3) is 0. The monoisotopic (exact) mass is 1880 g/mol. The SMILES string of the molecule is [Cu+].[Cu+].[Cu+].[Cu+].[Cu+].[Cu+].[Cu+].[Cu+].[Cu+].[Cu+].[Cu+].[Cu+].[O]=[Sb]([O-])([O-])[F].[O]=[Sb]([O-])([O-])[F].[O]=[Sb]([O-])([O-])[F].[O]=[Sb]([O-])([O-])[F].[O]=[Sb]([O-])([O-])[F].[O]=[Sb]([O-])([O-])[F]. The molecule has 0 atom stereocenters. The Morgan fingerprint density at radius 2 is 0.214 bits per heavy atom. The molecule has 0 aromatic carbocycles. The second-order valence-corrected chi connectivity index (χ2v) is 17.3. The molecule has 0 spiro atoms. The van der Waals surface area contributed by atoms with Gasteiger partial charge in [-0.1, -0.05) is 0 Å². The summed E-state index contributed by atoms with van der Waals surface area (Å²) in [5, 5.41) is 0. The average molecular weight is 1900 g/mol. The van der Waals surface area contributed by atoms with Crippen LogP contribution in [0.5, 0.6) is 0 Å². The Labute approximate surface area is 392 Å². The molecule has 0 heterocycles. The molecule has 0 aliphatic heterocycles. The molecule has 0 aromatic heterocycles. The summed E-state index contributed by atoms with van der Waals surface area (Å²) >= 11 is -38.1. The summed E-state index contributed by atoms with van der Waals surface area (Å²) in [6.45, 7) is 0. The Hall–Kier alpha value is 9.04. The Morgan fingerprint density at radius 1 is 0.214 bits per heavy atom. The van der Waals surface area contributed by atoms with Crippen molar-refractivity contribution in [3.63, 3.8) is 0 Å². The van der Waals surface area contributed by atoms with Crippen LogP contribution in [0.25, 0.3) is 0 Å². The molecule has 0 aliphatic carbocycles. The van der Waals surface area contributed by atoms with E-state index in [2.05, 4.69) is 0 Å². The van der Waals surface area contributed by atoms with Crippen molar-refractivity contribution in [2.24, 2.45) is 0 Å². The first kappa shape index (κ1) is 117. The van der Waals surface area contributed by atoms with E-state index in [0.717, 1.165) is 0 Å². The molecule has 0 bridgehead atoms. The van der Waals surface area contributed by atoms with E-state index in [-0.39, 0.29) is 205 Å². The standard InChI is InChI=1S/12Cu.6FH.18O.6Sb/h;;;;;;;;;;;;6*1H;;;;;;;;;;;;;;;;;;;;;;;;/q12*+1;;;;;;;;;;;;;12*-1;6*+1/p-6. The summed E-state index contributed by atoms with van der Waals surface area (Å²) in [7, 11) is 0. The predicted molar refractivity (Wildman–Crippen MR) is 45.3 cm³/mol. The van der Waals surface area contributed by atoms with Gasteiger partial charge in [-0.3, -0.25) is 0 Å². The van der Waals surface area contributed by atoms with Crippen LogP contribution in [0.4, 0.5) is 16.9 Å². The van der Waals surface area contributed by atoms with Gasteiger partial charge in [-0.05, 0) is 0 Å². The van der Waals surface area contributed by atoms with Gasteiger partial charge in [0.05, 0.1) is 0 Å². The molecule has 312 valence electrons. The van der Waals surface area contributed by atoms with Crippen LogP contribution < -0.4 is 40.6 Å². The van der Waals surface area contributed by atoms with Gasteiger partial charge < -0.3 is 0 Å². The van der Waals surface area contributed by atoms with Crippen molar-refractivity contribution >= 4 is 121 Å². The van der Waals surface area contributed by atoms with E-state index in [1.165, 1.54) is 0 Å². The van der Waals surface area contributed by atoms with Crippen molar-refractivity contribution in [3.05, 3.63) is 0 Å². The second kappa shape index (κ2) is 59.3. The van der Waals surface area contributed by atoms with Gasteiger partial charge in [0.2, 0.25) is 0 Å². The van der Waals surface area contributed by atoms with Crippen LogP contribution in [0.3, 0.4) is 0 Å². The Kier molecular flexibility index (Phi) is 165. The third-order valence-electron chi connectivity index (χ3n) is 0. The van der Waals surface area contributed by atoms with Gasteiger partial charge in [-0.2, -0.15) is 0 Å². The second-order valence-electron chi connectivity index (χ2n) is 2.58. The average Bonchev–Trinajstić information content (AvgIpc) is 1.94. The first-order chi connectivity index (χ1) is 12.0. The van der Waals surface area contributed by atoms with Crippen molar-refractivity contribution in [3.8, 4) is 0 Å². The molecule has 0 saturated heterocycles. The first-order valence-corrected chi connectivity index (χ1v) is 28.8. The molecule has 18 nitrogen and oxygen atoms in total. The quantitative estimate of drug-likeness (QED) is 0.161. The molecule has 0 N–H and O–H groups in total. The molecule has 0 aliphatic rings. The molecular weight excluding hydrogens is 1900 g/mol. The number of hydrogen-bond donors (Lipinski definition) is 0. The van der Waals surface area contributed by atoms with Crippen LogP contribution in [0.15, 0.2) is 0 Å². The van der Waals surface area contributed by atoms with Gasteiger partial charge >= 0.3 is 402 Å². The van der Waals surface area contributed by atoms with Gasteiger partial charge in [-0.15, -0.1) is 0 Å². The van der Waals surface area contributed by atoms with E-state index in [1.807, 2.05) is 0 Å². The Bertz CT molecular complexity index is 510. The molecule has 0 unspecified atom stereocenters. The Morgan fingerprint density at radius 3 is 0.214 bits per heavy atom. The van der Waals surface area contributed by atoms with Crippen molar-refractivity contribution < 1.29 is 280 Å². The van der Waals surface area contributed by atoms with Crippen LogP contribution >= 0.6 is 0 Å². The topological polar surface area (TPSA) is 379 Å². The van der Waals surface area contributed by atoms with Gasteiger partial charge in [-0.25, -0.2) is 0 Å². The third kappa shape index (κ3) is 1380. The number of halogens is 6. The molecule has 0 rings (SSSR count). The van der Waals surface area contributed by atoms with E-state index in [4.69, 9.17) is 58.7 Å². The van der Waals surface area contributed by atoms with Crippen molar-refractivity contribution in [1.29, 1.82) is 0 Å². The fourth-order valence-electron chi connectivity index (χ4n) is 0. The van der Waals surface area contributed by atoms with Crippen molar-refractivity contribution in [2.45, 2.75) is 0 Å². The molecule has 0 fully saturated rings. The maximum absolute atomic E-state index is 10.2. The van der Waals surface area contributed by atoms with E-state index in [0.29, 0.717) is 0 Å². The molecule has 42 heteroatoms. The zero-order valence-electron chi connectivity index (χ0n) is 15.9. The maximum atomic E-state index is 10.2. The van der Waals surface area contributed by atoms with Crippen molar-refractivity contribution in [1.82, 2.24) is 0 Å². The molecular formula is Cu12F6O18Sb6. The molecule has 0 aromatic rings. The molecule has 0 radical (unpaired) electrons. The van der Waals surface area contributed by atoms with Gasteiger partial charge in [0, 0.05) is 0 Å². The van der Waals surface area contributed by atoms with E-state index >= 15 is 0 Å². The minimum absolute atomic E-state index is 0. The zero-order chi connectivity index (χ0) is 27.0. The van der Waals surface area contributed by atoms with Gasteiger partial charge in [0.25, 0.3) is 0 Å². The van der Waals surface area contributed by atoms with E-state index in [1.54, 1.807) is 0 Å². The summed E-state index contributed by atoms with van der Waals surface area (Å²) in [4.78, 5) is 0. The van der Waals surface area contributed by atoms with Gasteiger partial charge in [0.1, 0.15) is 0 Å². The van der Waals surface area contributed by atoms with Crippen LogP contribution in [0.1, 0.15) is 0 Å². The van der Waals surface area contributed by atoms with Crippen molar-refractivity contribution in [2.75, 3.05) is 0 Å². The third-order valence-corrected chi connectivity index (χ3v) is 0. The predicted octanol–water partition coefficient (Wildman–Crippen LogP) is -14.8. The summed E-state index contributed by atoms with van der Waals surface area (Å²) in [5.41, 5.74) is 0. The minimum atomic E-state index is -6.35. The fourth-order valence-corrected chi connectivity index (χ4v) is 0. The summed E-state index contributed by atoms with van der Waals surface area (Å²) in [6.07, 6.45) is 0. The molecule has 42 heavy (non-hydrogen) atoms. The summed E-state index contributed by atoms with van der Waals surface area (Å²) in [5.74, 6) is 0. The van der Waals surface area contributed by atoms with Crippen LogP contribution in [0, 0.1) is 0 Å². The molecule has 0 saturated carbocycles. The summed E-state index contributed by atoms with van der Waals surface area (Å²) in [6, 6.07) is 0. The van der Waals surface area contributed by atoms with Crippen LogP contribution in [-0.2, 0) is 223 Å². The summed E-state index contributed by atoms with van der Waals surface area (Å²) < 4.78 is 215. The normalized spacial score (nSPS) is 8.43. The number of rotatable bonds is 0. The van der Waals surface area contributed by atoms with Crippen LogP contribution in [0.2, 0.25) is 0 Å². The Balaban J connectivity index is -0.00000000973. The van der Waals surface area contributed by atoms with E-state index < -0.39 is 121 Å². The first-order valence-electron chi connectivity index (χ1n) is 4.30. The zero-order valence-corrected chi connectivity index (χ0v) is 42.5.